The van der Waals surface area contributed by atoms with E-state index in [4.69, 9.17) is 9.84 Å². The van der Waals surface area contributed by atoms with Gasteiger partial charge in [-0.1, -0.05) is 6.92 Å². The highest BCUT2D eigenvalue weighted by atomic mass is 32.2. The SMILES string of the molecule is CCS(=O)(=O)CCNC(=O)NC1COCC1(C)C(=O)O. The molecule has 3 N–H and O–H groups in total. The molecular weight excluding hydrogens is 288 g/mol. The van der Waals surface area contributed by atoms with Gasteiger partial charge in [0, 0.05) is 12.3 Å². The lowest BCUT2D eigenvalue weighted by atomic mass is 9.85. The quantitative estimate of drug-likeness (QED) is 0.591. The summed E-state index contributed by atoms with van der Waals surface area (Å²) in [6, 6.07) is -1.25. The van der Waals surface area contributed by atoms with Crippen LogP contribution in [0.25, 0.3) is 0 Å². The van der Waals surface area contributed by atoms with Crippen LogP contribution in [0.1, 0.15) is 13.8 Å². The second-order valence-corrected chi connectivity index (χ2v) is 7.40. The number of hydrogen-bond donors (Lipinski definition) is 3. The van der Waals surface area contributed by atoms with Gasteiger partial charge in [-0.2, -0.15) is 0 Å². The number of aliphatic carboxylic acids is 1. The number of ether oxygens (including phenoxy) is 1. The lowest BCUT2D eigenvalue weighted by Gasteiger charge is -2.25. The van der Waals surface area contributed by atoms with Crippen molar-refractivity contribution >= 4 is 21.8 Å². The first kappa shape index (κ1) is 16.7. The summed E-state index contributed by atoms with van der Waals surface area (Å²) in [5, 5.41) is 14.0. The zero-order chi connectivity index (χ0) is 15.4. The van der Waals surface area contributed by atoms with E-state index in [2.05, 4.69) is 10.6 Å². The third-order valence-electron chi connectivity index (χ3n) is 3.39. The molecule has 1 aliphatic rings. The van der Waals surface area contributed by atoms with Crippen molar-refractivity contribution in [1.82, 2.24) is 10.6 Å². The topological polar surface area (TPSA) is 122 Å². The number of amides is 2. The fraction of sp³-hybridized carbons (Fsp3) is 0.818. The predicted molar refractivity (Wildman–Crippen MR) is 71.2 cm³/mol. The fourth-order valence-electron chi connectivity index (χ4n) is 1.76. The number of carbonyl (C=O) groups is 2. The van der Waals surface area contributed by atoms with Crippen LogP contribution in [0.4, 0.5) is 4.79 Å². The molecule has 0 aromatic heterocycles. The second kappa shape index (κ2) is 6.40. The van der Waals surface area contributed by atoms with Crippen LogP contribution < -0.4 is 10.6 Å². The Kier molecular flexibility index (Phi) is 5.35. The van der Waals surface area contributed by atoms with Crippen molar-refractivity contribution in [2.75, 3.05) is 31.3 Å². The minimum Gasteiger partial charge on any atom is -0.481 e. The summed E-state index contributed by atoms with van der Waals surface area (Å²) in [6.07, 6.45) is 0. The number of carboxylic acid groups (broad SMARTS) is 1. The Balaban J connectivity index is 2.45. The van der Waals surface area contributed by atoms with Crippen LogP contribution in [0.5, 0.6) is 0 Å². The Morgan fingerprint density at radius 3 is 2.65 bits per heavy atom. The van der Waals surface area contributed by atoms with Gasteiger partial charge in [-0.05, 0) is 6.92 Å². The van der Waals surface area contributed by atoms with Crippen molar-refractivity contribution in [3.05, 3.63) is 0 Å². The molecule has 1 aliphatic heterocycles. The summed E-state index contributed by atoms with van der Waals surface area (Å²) in [5.41, 5.74) is -1.17. The molecule has 0 spiro atoms. The van der Waals surface area contributed by atoms with Crippen LogP contribution in [0, 0.1) is 5.41 Å². The van der Waals surface area contributed by atoms with Crippen molar-refractivity contribution in [2.45, 2.75) is 19.9 Å². The molecule has 1 saturated heterocycles. The van der Waals surface area contributed by atoms with Crippen LogP contribution in [0.2, 0.25) is 0 Å². The largest absolute Gasteiger partial charge is 0.481 e. The molecule has 0 aromatic rings. The van der Waals surface area contributed by atoms with E-state index in [1.54, 1.807) is 0 Å². The highest BCUT2D eigenvalue weighted by molar-refractivity contribution is 7.91. The first-order valence-corrected chi connectivity index (χ1v) is 8.09. The molecule has 1 fully saturated rings. The van der Waals surface area contributed by atoms with Crippen molar-refractivity contribution in [3.63, 3.8) is 0 Å². The highest BCUT2D eigenvalue weighted by Crippen LogP contribution is 2.28. The Labute approximate surface area is 117 Å². The van der Waals surface area contributed by atoms with Gasteiger partial charge in [0.25, 0.3) is 0 Å². The van der Waals surface area contributed by atoms with E-state index in [1.807, 2.05) is 0 Å². The zero-order valence-corrected chi connectivity index (χ0v) is 12.3. The molecule has 0 radical (unpaired) electrons. The lowest BCUT2D eigenvalue weighted by Crippen LogP contribution is -2.52. The second-order valence-electron chi connectivity index (χ2n) is 4.93. The first-order valence-electron chi connectivity index (χ1n) is 6.27. The van der Waals surface area contributed by atoms with Crippen LogP contribution in [0.3, 0.4) is 0 Å². The molecule has 0 aromatic carbocycles. The molecule has 1 heterocycles. The van der Waals surface area contributed by atoms with Gasteiger partial charge >= 0.3 is 12.0 Å². The summed E-state index contributed by atoms with van der Waals surface area (Å²) < 4.78 is 27.6. The summed E-state index contributed by atoms with van der Waals surface area (Å²) in [6.45, 7) is 3.15. The maximum Gasteiger partial charge on any atom is 0.315 e. The van der Waals surface area contributed by atoms with E-state index in [9.17, 15) is 18.0 Å². The van der Waals surface area contributed by atoms with E-state index < -0.39 is 33.3 Å². The summed E-state index contributed by atoms with van der Waals surface area (Å²) in [7, 11) is -3.14. The zero-order valence-electron chi connectivity index (χ0n) is 11.5. The maximum atomic E-state index is 11.6. The third kappa shape index (κ3) is 4.07. The number of sulfone groups is 1. The van der Waals surface area contributed by atoms with E-state index in [-0.39, 0.29) is 31.3 Å². The van der Waals surface area contributed by atoms with Gasteiger partial charge in [-0.25, -0.2) is 13.2 Å². The average molecular weight is 308 g/mol. The normalized spacial score (nSPS) is 26.2. The molecule has 0 aliphatic carbocycles. The van der Waals surface area contributed by atoms with Crippen molar-refractivity contribution in [3.8, 4) is 0 Å². The molecule has 0 bridgehead atoms. The Morgan fingerprint density at radius 2 is 2.10 bits per heavy atom. The van der Waals surface area contributed by atoms with E-state index in [0.29, 0.717) is 0 Å². The van der Waals surface area contributed by atoms with Crippen LogP contribution in [-0.2, 0) is 19.4 Å². The minimum atomic E-state index is -3.14. The van der Waals surface area contributed by atoms with Crippen LogP contribution in [0.15, 0.2) is 0 Å². The summed E-state index contributed by atoms with van der Waals surface area (Å²) in [4.78, 5) is 22.8. The number of urea groups is 1. The Morgan fingerprint density at radius 1 is 1.45 bits per heavy atom. The highest BCUT2D eigenvalue weighted by Gasteiger charge is 2.47. The molecule has 1 rings (SSSR count). The molecule has 2 unspecified atom stereocenters. The minimum absolute atomic E-state index is 0.0145. The molecule has 116 valence electrons. The number of hydrogen-bond acceptors (Lipinski definition) is 5. The van der Waals surface area contributed by atoms with Gasteiger partial charge < -0.3 is 20.5 Å². The van der Waals surface area contributed by atoms with Crippen molar-refractivity contribution in [2.24, 2.45) is 5.41 Å². The fourth-order valence-corrected chi connectivity index (χ4v) is 2.46. The molecule has 8 nitrogen and oxygen atoms in total. The number of carbonyl (C=O) groups excluding carboxylic acids is 1. The molecule has 9 heteroatoms. The van der Waals surface area contributed by atoms with Gasteiger partial charge in [-0.3, -0.25) is 4.79 Å². The van der Waals surface area contributed by atoms with E-state index in [0.717, 1.165) is 0 Å². The molecule has 2 atom stereocenters. The van der Waals surface area contributed by atoms with Crippen LogP contribution in [-0.4, -0.2) is 62.8 Å². The van der Waals surface area contributed by atoms with Crippen LogP contribution >= 0.6 is 0 Å². The average Bonchev–Trinajstić information content (AvgIpc) is 2.72. The van der Waals surface area contributed by atoms with Crippen molar-refractivity contribution < 1.29 is 27.9 Å². The molecule has 0 saturated carbocycles. The van der Waals surface area contributed by atoms with E-state index in [1.165, 1.54) is 13.8 Å². The number of nitrogens with one attached hydrogen (secondary N) is 2. The molecule has 20 heavy (non-hydrogen) atoms. The third-order valence-corrected chi connectivity index (χ3v) is 5.09. The molecular formula is C11H20N2O6S. The van der Waals surface area contributed by atoms with Gasteiger partial charge in [0.05, 0.1) is 25.0 Å². The van der Waals surface area contributed by atoms with Gasteiger partial charge in [0.1, 0.15) is 5.41 Å². The number of carboxylic acids is 1. The molecule has 2 amide bonds. The Bertz CT molecular complexity index is 477. The number of rotatable bonds is 6. The monoisotopic (exact) mass is 308 g/mol. The van der Waals surface area contributed by atoms with E-state index >= 15 is 0 Å². The Hall–Kier alpha value is -1.35. The summed E-state index contributed by atoms with van der Waals surface area (Å²) >= 11 is 0. The lowest BCUT2D eigenvalue weighted by molar-refractivity contribution is -0.148. The first-order chi connectivity index (χ1) is 9.21. The van der Waals surface area contributed by atoms with Gasteiger partial charge in [0.2, 0.25) is 0 Å². The maximum absolute atomic E-state index is 11.6. The van der Waals surface area contributed by atoms with Gasteiger partial charge in [0.15, 0.2) is 9.84 Å². The van der Waals surface area contributed by atoms with Crippen molar-refractivity contribution in [1.29, 1.82) is 0 Å². The van der Waals surface area contributed by atoms with Gasteiger partial charge in [-0.15, -0.1) is 0 Å². The standard InChI is InChI=1S/C11H20N2O6S/c1-3-20(17,18)5-4-12-10(16)13-8-6-19-7-11(8,2)9(14)15/h8H,3-7H2,1-2H3,(H,14,15)(H2,12,13,16). The smallest absolute Gasteiger partial charge is 0.315 e. The predicted octanol–water partition coefficient (Wildman–Crippen LogP) is -0.790. The summed E-state index contributed by atoms with van der Waals surface area (Å²) in [5.74, 6) is -1.17.